The first kappa shape index (κ1) is 17.0. The fraction of sp³-hybridized carbons (Fsp3) is 0.429. The third-order valence-corrected chi connectivity index (χ3v) is 5.67. The number of rotatable bonds is 3. The Morgan fingerprint density at radius 3 is 2.38 bits per heavy atom. The molecule has 0 bridgehead atoms. The van der Waals surface area contributed by atoms with Crippen LogP contribution in [0, 0.1) is 0 Å². The van der Waals surface area contributed by atoms with E-state index < -0.39 is 0 Å². The van der Waals surface area contributed by atoms with Gasteiger partial charge in [0.1, 0.15) is 6.54 Å². The number of hydrogen-bond acceptors (Lipinski definition) is 3. The molecule has 0 saturated carbocycles. The van der Waals surface area contributed by atoms with Gasteiger partial charge in [-0.25, -0.2) is 0 Å². The summed E-state index contributed by atoms with van der Waals surface area (Å²) in [5.74, 6) is 0.135. The summed E-state index contributed by atoms with van der Waals surface area (Å²) in [4.78, 5) is 28.2. The average Bonchev–Trinajstić information content (AvgIpc) is 2.69. The second-order valence-electron chi connectivity index (χ2n) is 7.31. The van der Waals surface area contributed by atoms with Crippen molar-refractivity contribution < 1.29 is 4.79 Å². The molecular weight excluding hydrogens is 326 g/mol. The molecule has 2 aliphatic heterocycles. The second-order valence-corrected chi connectivity index (χ2v) is 7.31. The minimum Gasteiger partial charge on any atom is -0.345 e. The van der Waals surface area contributed by atoms with E-state index in [2.05, 4.69) is 29.2 Å². The van der Waals surface area contributed by atoms with Crippen LogP contribution in [-0.4, -0.2) is 46.0 Å². The van der Waals surface area contributed by atoms with Crippen LogP contribution in [-0.2, 0) is 24.3 Å². The first-order chi connectivity index (χ1) is 12.7. The largest absolute Gasteiger partial charge is 0.345 e. The SMILES string of the molecule is O=C(Cn1ccc(=O)cc1)N1CCC(N2CCc3ccccc3C2)CC1. The smallest absolute Gasteiger partial charge is 0.242 e. The van der Waals surface area contributed by atoms with E-state index in [-0.39, 0.29) is 11.3 Å². The standard InChI is InChI=1S/C21H25N3O2/c25-20-8-10-22(11-9-20)16-21(26)23-13-6-19(7-14-23)24-12-5-17-3-1-2-4-18(17)15-24/h1-4,8-11,19H,5-7,12-16H2. The van der Waals surface area contributed by atoms with Crippen molar-refractivity contribution in [2.45, 2.75) is 38.4 Å². The van der Waals surface area contributed by atoms with E-state index in [4.69, 9.17) is 0 Å². The summed E-state index contributed by atoms with van der Waals surface area (Å²) in [5, 5.41) is 0. The minimum atomic E-state index is -0.0300. The molecule has 0 spiro atoms. The highest BCUT2D eigenvalue weighted by Crippen LogP contribution is 2.25. The summed E-state index contributed by atoms with van der Waals surface area (Å²) < 4.78 is 1.78. The van der Waals surface area contributed by atoms with Gasteiger partial charge in [-0.2, -0.15) is 0 Å². The van der Waals surface area contributed by atoms with Crippen molar-refractivity contribution in [1.29, 1.82) is 0 Å². The topological polar surface area (TPSA) is 45.6 Å². The van der Waals surface area contributed by atoms with Crippen molar-refractivity contribution >= 4 is 5.91 Å². The summed E-state index contributed by atoms with van der Waals surface area (Å²) >= 11 is 0. The first-order valence-electron chi connectivity index (χ1n) is 9.44. The molecule has 136 valence electrons. The zero-order valence-electron chi connectivity index (χ0n) is 15.0. The minimum absolute atomic E-state index is 0.0300. The van der Waals surface area contributed by atoms with E-state index in [0.29, 0.717) is 12.6 Å². The zero-order chi connectivity index (χ0) is 17.9. The van der Waals surface area contributed by atoms with E-state index in [0.717, 1.165) is 45.4 Å². The van der Waals surface area contributed by atoms with Gasteiger partial charge in [0.2, 0.25) is 5.91 Å². The third-order valence-electron chi connectivity index (χ3n) is 5.67. The maximum absolute atomic E-state index is 12.5. The van der Waals surface area contributed by atoms with Gasteiger partial charge in [-0.05, 0) is 30.4 Å². The van der Waals surface area contributed by atoms with Crippen LogP contribution in [0.2, 0.25) is 0 Å². The molecule has 2 aromatic rings. The highest BCUT2D eigenvalue weighted by Gasteiger charge is 2.28. The Kier molecular flexibility index (Phi) is 4.89. The molecule has 0 radical (unpaired) electrons. The normalized spacial score (nSPS) is 18.5. The number of benzene rings is 1. The average molecular weight is 351 g/mol. The van der Waals surface area contributed by atoms with Gasteiger partial charge in [0.05, 0.1) is 0 Å². The van der Waals surface area contributed by atoms with Gasteiger partial charge in [-0.3, -0.25) is 14.5 Å². The maximum Gasteiger partial charge on any atom is 0.242 e. The number of aromatic nitrogens is 1. The second kappa shape index (κ2) is 7.46. The van der Waals surface area contributed by atoms with Crippen molar-refractivity contribution in [2.24, 2.45) is 0 Å². The quantitative estimate of drug-likeness (QED) is 0.848. The number of pyridine rings is 1. The number of nitrogens with zero attached hydrogens (tertiary/aromatic N) is 3. The lowest BCUT2D eigenvalue weighted by atomic mass is 9.95. The Balaban J connectivity index is 1.31. The van der Waals surface area contributed by atoms with E-state index >= 15 is 0 Å². The number of likely N-dealkylation sites (tertiary alicyclic amines) is 1. The molecule has 5 heteroatoms. The van der Waals surface area contributed by atoms with E-state index in [1.54, 1.807) is 17.0 Å². The Morgan fingerprint density at radius 1 is 0.962 bits per heavy atom. The van der Waals surface area contributed by atoms with E-state index in [1.807, 2.05) is 4.90 Å². The molecule has 1 saturated heterocycles. The number of carbonyl (C=O) groups is 1. The predicted octanol–water partition coefficient (Wildman–Crippen LogP) is 1.90. The molecule has 26 heavy (non-hydrogen) atoms. The number of fused-ring (bicyclic) bond motifs is 1. The highest BCUT2D eigenvalue weighted by atomic mass is 16.2. The summed E-state index contributed by atoms with van der Waals surface area (Å²) in [6.45, 7) is 4.10. The Morgan fingerprint density at radius 2 is 1.65 bits per heavy atom. The molecule has 0 aliphatic carbocycles. The highest BCUT2D eigenvalue weighted by molar-refractivity contribution is 5.76. The summed E-state index contributed by atoms with van der Waals surface area (Å²) in [7, 11) is 0. The Hall–Kier alpha value is -2.40. The first-order valence-corrected chi connectivity index (χ1v) is 9.44. The maximum atomic E-state index is 12.5. The third kappa shape index (κ3) is 3.73. The molecule has 1 amide bonds. The molecule has 5 nitrogen and oxygen atoms in total. The fourth-order valence-electron chi connectivity index (χ4n) is 4.11. The zero-order valence-corrected chi connectivity index (χ0v) is 15.0. The summed E-state index contributed by atoms with van der Waals surface area (Å²) in [6.07, 6.45) is 6.56. The number of carbonyl (C=O) groups excluding carboxylic acids is 1. The number of hydrogen-bond donors (Lipinski definition) is 0. The van der Waals surface area contributed by atoms with Crippen molar-refractivity contribution in [3.8, 4) is 0 Å². The predicted molar refractivity (Wildman–Crippen MR) is 101 cm³/mol. The van der Waals surface area contributed by atoms with Gasteiger partial charge >= 0.3 is 0 Å². The molecule has 0 unspecified atom stereocenters. The number of amides is 1. The van der Waals surface area contributed by atoms with Crippen LogP contribution in [0.1, 0.15) is 24.0 Å². The molecule has 0 N–H and O–H groups in total. The van der Waals surface area contributed by atoms with Crippen LogP contribution in [0.5, 0.6) is 0 Å². The van der Waals surface area contributed by atoms with Crippen LogP contribution in [0.25, 0.3) is 0 Å². The van der Waals surface area contributed by atoms with Gasteiger partial charge in [0.25, 0.3) is 0 Å². The lowest BCUT2D eigenvalue weighted by Crippen LogP contribution is -2.48. The van der Waals surface area contributed by atoms with Crippen LogP contribution in [0.15, 0.2) is 53.6 Å². The number of piperidine rings is 1. The molecule has 3 heterocycles. The lowest BCUT2D eigenvalue weighted by molar-refractivity contribution is -0.133. The molecule has 1 aromatic heterocycles. The van der Waals surface area contributed by atoms with Crippen LogP contribution in [0.3, 0.4) is 0 Å². The van der Waals surface area contributed by atoms with Crippen LogP contribution in [0.4, 0.5) is 0 Å². The molecular formula is C21H25N3O2. The van der Waals surface area contributed by atoms with Gasteiger partial charge in [-0.1, -0.05) is 24.3 Å². The van der Waals surface area contributed by atoms with Gasteiger partial charge in [0, 0.05) is 56.7 Å². The molecule has 0 atom stereocenters. The molecule has 1 fully saturated rings. The van der Waals surface area contributed by atoms with Crippen molar-refractivity contribution in [2.75, 3.05) is 19.6 Å². The van der Waals surface area contributed by atoms with Crippen LogP contribution >= 0.6 is 0 Å². The summed E-state index contributed by atoms with van der Waals surface area (Å²) in [5.41, 5.74) is 2.91. The van der Waals surface area contributed by atoms with E-state index in [9.17, 15) is 9.59 Å². The molecule has 1 aromatic carbocycles. The lowest BCUT2D eigenvalue weighted by Gasteiger charge is -2.40. The molecule has 2 aliphatic rings. The Bertz CT molecular complexity index is 817. The van der Waals surface area contributed by atoms with E-state index in [1.165, 1.54) is 23.3 Å². The monoisotopic (exact) mass is 351 g/mol. The molecule has 4 rings (SSSR count). The van der Waals surface area contributed by atoms with Gasteiger partial charge in [0.15, 0.2) is 5.43 Å². The van der Waals surface area contributed by atoms with Crippen molar-refractivity contribution in [3.63, 3.8) is 0 Å². The Labute approximate surface area is 153 Å². The van der Waals surface area contributed by atoms with Gasteiger partial charge < -0.3 is 9.47 Å². The van der Waals surface area contributed by atoms with Gasteiger partial charge in [-0.15, -0.1) is 0 Å². The van der Waals surface area contributed by atoms with Crippen molar-refractivity contribution in [1.82, 2.24) is 14.4 Å². The van der Waals surface area contributed by atoms with Crippen molar-refractivity contribution in [3.05, 3.63) is 70.1 Å². The van der Waals surface area contributed by atoms with Crippen LogP contribution < -0.4 is 5.43 Å². The fourth-order valence-corrected chi connectivity index (χ4v) is 4.11. The summed E-state index contributed by atoms with van der Waals surface area (Å²) in [6, 6.07) is 12.3.